The van der Waals surface area contributed by atoms with Crippen LogP contribution >= 0.6 is 0 Å². The normalized spacial score (nSPS) is 18.1. The minimum Gasteiger partial charge on any atom is -0.308 e. The van der Waals surface area contributed by atoms with Crippen molar-refractivity contribution in [1.29, 1.82) is 0 Å². The topological polar surface area (TPSA) is 24.9 Å². The van der Waals surface area contributed by atoms with Gasteiger partial charge >= 0.3 is 0 Å². The third-order valence-electron chi connectivity index (χ3n) is 3.89. The van der Waals surface area contributed by atoms with E-state index in [-0.39, 0.29) is 0 Å². The second-order valence-corrected chi connectivity index (χ2v) is 5.42. The Balaban J connectivity index is 1.59. The molecule has 1 heterocycles. The Bertz CT molecular complexity index is 545. The van der Waals surface area contributed by atoms with Crippen LogP contribution in [0.1, 0.15) is 28.8 Å². The average molecular weight is 252 g/mol. The Hall–Kier alpha value is -1.67. The summed E-state index contributed by atoms with van der Waals surface area (Å²) in [6.45, 7) is 2.94. The van der Waals surface area contributed by atoms with Crippen LogP contribution in [-0.4, -0.2) is 11.0 Å². The van der Waals surface area contributed by atoms with E-state index in [1.165, 1.54) is 29.5 Å². The number of aryl methyl sites for hydroxylation is 2. The fourth-order valence-corrected chi connectivity index (χ4v) is 2.72. The predicted octanol–water partition coefficient (Wildman–Crippen LogP) is 3.04. The van der Waals surface area contributed by atoms with Gasteiger partial charge in [0.25, 0.3) is 0 Å². The lowest BCUT2D eigenvalue weighted by atomic mass is 9.88. The summed E-state index contributed by atoms with van der Waals surface area (Å²) in [5.74, 6) is 0. The third kappa shape index (κ3) is 3.02. The molecule has 1 atom stereocenters. The van der Waals surface area contributed by atoms with Crippen molar-refractivity contribution < 1.29 is 0 Å². The lowest BCUT2D eigenvalue weighted by Gasteiger charge is -2.25. The molecule has 0 bridgehead atoms. The summed E-state index contributed by atoms with van der Waals surface area (Å²) >= 11 is 0. The Morgan fingerprint density at radius 2 is 2.00 bits per heavy atom. The second-order valence-electron chi connectivity index (χ2n) is 5.42. The zero-order chi connectivity index (χ0) is 13.1. The summed E-state index contributed by atoms with van der Waals surface area (Å²) in [7, 11) is 0. The van der Waals surface area contributed by atoms with Gasteiger partial charge in [0.1, 0.15) is 0 Å². The van der Waals surface area contributed by atoms with Gasteiger partial charge in [-0.05, 0) is 48.9 Å². The van der Waals surface area contributed by atoms with Gasteiger partial charge in [-0.3, -0.25) is 4.98 Å². The van der Waals surface area contributed by atoms with Crippen LogP contribution in [0, 0.1) is 6.92 Å². The lowest BCUT2D eigenvalue weighted by Crippen LogP contribution is -2.34. The van der Waals surface area contributed by atoms with E-state index >= 15 is 0 Å². The van der Waals surface area contributed by atoms with E-state index in [0.717, 1.165) is 18.7 Å². The van der Waals surface area contributed by atoms with Crippen molar-refractivity contribution in [2.24, 2.45) is 0 Å². The summed E-state index contributed by atoms with van der Waals surface area (Å²) in [6, 6.07) is 13.6. The van der Waals surface area contributed by atoms with Crippen LogP contribution < -0.4 is 5.32 Å². The van der Waals surface area contributed by atoms with Gasteiger partial charge < -0.3 is 5.32 Å². The van der Waals surface area contributed by atoms with E-state index in [9.17, 15) is 0 Å². The number of nitrogens with one attached hydrogen (secondary N) is 1. The number of pyridine rings is 1. The van der Waals surface area contributed by atoms with E-state index in [1.54, 1.807) is 0 Å². The van der Waals surface area contributed by atoms with Crippen LogP contribution in [-0.2, 0) is 19.4 Å². The number of rotatable bonds is 3. The average Bonchev–Trinajstić information content (AvgIpc) is 2.46. The quantitative estimate of drug-likeness (QED) is 0.908. The van der Waals surface area contributed by atoms with Crippen LogP contribution in [0.25, 0.3) is 0 Å². The van der Waals surface area contributed by atoms with E-state index in [2.05, 4.69) is 53.6 Å². The van der Waals surface area contributed by atoms with Gasteiger partial charge in [0.15, 0.2) is 0 Å². The fraction of sp³-hybridized carbons (Fsp3) is 0.353. The highest BCUT2D eigenvalue weighted by Gasteiger charge is 2.17. The first kappa shape index (κ1) is 12.4. The molecule has 1 aliphatic carbocycles. The molecule has 1 aromatic carbocycles. The van der Waals surface area contributed by atoms with Crippen LogP contribution in [0.3, 0.4) is 0 Å². The van der Waals surface area contributed by atoms with E-state index in [0.29, 0.717) is 6.04 Å². The Kier molecular flexibility index (Phi) is 3.60. The van der Waals surface area contributed by atoms with Crippen molar-refractivity contribution >= 4 is 0 Å². The van der Waals surface area contributed by atoms with Gasteiger partial charge in [0, 0.05) is 18.8 Å². The smallest absolute Gasteiger partial charge is 0.0541 e. The van der Waals surface area contributed by atoms with Crippen LogP contribution in [0.4, 0.5) is 0 Å². The summed E-state index contributed by atoms with van der Waals surface area (Å²) < 4.78 is 0. The molecule has 2 aromatic rings. The van der Waals surface area contributed by atoms with E-state index in [4.69, 9.17) is 0 Å². The molecule has 0 radical (unpaired) electrons. The monoisotopic (exact) mass is 252 g/mol. The minimum atomic E-state index is 0.581. The number of hydrogen-bond acceptors (Lipinski definition) is 2. The number of nitrogens with zero attached hydrogens (tertiary/aromatic N) is 1. The van der Waals surface area contributed by atoms with Crippen LogP contribution in [0.15, 0.2) is 42.6 Å². The SMILES string of the molecule is Cc1ccc(CNC2CCc3ccccc3C2)nc1. The molecule has 0 amide bonds. The molecule has 2 nitrogen and oxygen atoms in total. The van der Waals surface area contributed by atoms with Gasteiger partial charge in [-0.1, -0.05) is 30.3 Å². The van der Waals surface area contributed by atoms with E-state index in [1.807, 2.05) is 6.20 Å². The number of hydrogen-bond donors (Lipinski definition) is 1. The van der Waals surface area contributed by atoms with Gasteiger partial charge in [0.05, 0.1) is 5.69 Å². The number of fused-ring (bicyclic) bond motifs is 1. The molecular weight excluding hydrogens is 232 g/mol. The van der Waals surface area contributed by atoms with Crippen molar-refractivity contribution in [1.82, 2.24) is 10.3 Å². The first-order valence-corrected chi connectivity index (χ1v) is 7.03. The molecule has 98 valence electrons. The zero-order valence-corrected chi connectivity index (χ0v) is 11.4. The molecule has 0 aliphatic heterocycles. The minimum absolute atomic E-state index is 0.581. The second kappa shape index (κ2) is 5.54. The molecule has 1 unspecified atom stereocenters. The zero-order valence-electron chi connectivity index (χ0n) is 11.4. The maximum absolute atomic E-state index is 4.44. The highest BCUT2D eigenvalue weighted by molar-refractivity contribution is 5.30. The first-order valence-electron chi connectivity index (χ1n) is 7.03. The summed E-state index contributed by atoms with van der Waals surface area (Å²) in [5.41, 5.74) is 5.37. The molecule has 1 aromatic heterocycles. The molecule has 19 heavy (non-hydrogen) atoms. The summed E-state index contributed by atoms with van der Waals surface area (Å²) in [4.78, 5) is 4.44. The highest BCUT2D eigenvalue weighted by Crippen LogP contribution is 2.21. The summed E-state index contributed by atoms with van der Waals surface area (Å²) in [6.07, 6.45) is 5.49. The van der Waals surface area contributed by atoms with Crippen molar-refractivity contribution in [3.8, 4) is 0 Å². The molecule has 0 saturated heterocycles. The van der Waals surface area contributed by atoms with E-state index < -0.39 is 0 Å². The lowest BCUT2D eigenvalue weighted by molar-refractivity contribution is 0.455. The van der Waals surface area contributed by atoms with Crippen molar-refractivity contribution in [3.63, 3.8) is 0 Å². The molecule has 3 rings (SSSR count). The standard InChI is InChI=1S/C17H20N2/c1-13-6-8-17(18-11-13)12-19-16-9-7-14-4-2-3-5-15(14)10-16/h2-6,8,11,16,19H,7,9-10,12H2,1H3. The maximum atomic E-state index is 4.44. The number of aromatic nitrogens is 1. The number of benzene rings is 1. The van der Waals surface area contributed by atoms with Crippen LogP contribution in [0.5, 0.6) is 0 Å². The van der Waals surface area contributed by atoms with Gasteiger partial charge in [0.2, 0.25) is 0 Å². The van der Waals surface area contributed by atoms with Crippen molar-refractivity contribution in [2.75, 3.05) is 0 Å². The van der Waals surface area contributed by atoms with Gasteiger partial charge in [-0.2, -0.15) is 0 Å². The van der Waals surface area contributed by atoms with Gasteiger partial charge in [-0.25, -0.2) is 0 Å². The Morgan fingerprint density at radius 1 is 1.16 bits per heavy atom. The van der Waals surface area contributed by atoms with Crippen molar-refractivity contribution in [2.45, 2.75) is 38.8 Å². The molecule has 1 N–H and O–H groups in total. The molecule has 0 spiro atoms. The highest BCUT2D eigenvalue weighted by atomic mass is 14.9. The molecule has 0 fully saturated rings. The molecular formula is C17H20N2. The Labute approximate surface area is 114 Å². The largest absolute Gasteiger partial charge is 0.308 e. The predicted molar refractivity (Wildman–Crippen MR) is 78.1 cm³/mol. The van der Waals surface area contributed by atoms with Crippen LogP contribution in [0.2, 0.25) is 0 Å². The molecule has 0 saturated carbocycles. The molecule has 2 heteroatoms. The maximum Gasteiger partial charge on any atom is 0.0541 e. The first-order chi connectivity index (χ1) is 9.31. The summed E-state index contributed by atoms with van der Waals surface area (Å²) in [5, 5.41) is 3.64. The fourth-order valence-electron chi connectivity index (χ4n) is 2.72. The van der Waals surface area contributed by atoms with Crippen molar-refractivity contribution in [3.05, 3.63) is 65.0 Å². The third-order valence-corrected chi connectivity index (χ3v) is 3.89. The molecule has 1 aliphatic rings. The van der Waals surface area contributed by atoms with Gasteiger partial charge in [-0.15, -0.1) is 0 Å². The Morgan fingerprint density at radius 3 is 2.79 bits per heavy atom.